The maximum absolute atomic E-state index is 10.3. The molecule has 11 nitrogen and oxygen atoms in total. The second kappa shape index (κ2) is 9.85. The van der Waals surface area contributed by atoms with Crippen LogP contribution in [0, 0.1) is 10.1 Å². The zero-order chi connectivity index (χ0) is 20.5. The molecule has 0 aliphatic carbocycles. The minimum absolute atomic E-state index is 0.0497. The summed E-state index contributed by atoms with van der Waals surface area (Å²) in [6.45, 7) is 7.19. The second-order valence-corrected chi connectivity index (χ2v) is 6.56. The van der Waals surface area contributed by atoms with Gasteiger partial charge < -0.3 is 21.1 Å². The molecule has 2 aromatic rings. The molecule has 0 aromatic carbocycles. The highest BCUT2D eigenvalue weighted by Gasteiger charge is 2.22. The zero-order valence-electron chi connectivity index (χ0n) is 15.7. The van der Waals surface area contributed by atoms with Crippen LogP contribution in [0.4, 0.5) is 11.4 Å². The van der Waals surface area contributed by atoms with E-state index in [2.05, 4.69) is 10.2 Å². The van der Waals surface area contributed by atoms with Crippen LogP contribution in [0.25, 0.3) is 0 Å². The Bertz CT molecular complexity index is 680. The van der Waals surface area contributed by atoms with E-state index in [-0.39, 0.29) is 24.4 Å². The van der Waals surface area contributed by atoms with Crippen LogP contribution in [0.5, 0.6) is 0 Å². The third-order valence-corrected chi connectivity index (χ3v) is 3.40. The van der Waals surface area contributed by atoms with Crippen molar-refractivity contribution in [1.82, 2.24) is 19.6 Å². The average Bonchev–Trinajstić information content (AvgIpc) is 3.27. The van der Waals surface area contributed by atoms with E-state index in [1.165, 1.54) is 10.9 Å². The van der Waals surface area contributed by atoms with E-state index in [1.54, 1.807) is 30.9 Å². The Morgan fingerprint density at radius 2 is 1.46 bits per heavy atom. The van der Waals surface area contributed by atoms with Gasteiger partial charge in [-0.2, -0.15) is 10.2 Å². The molecular weight excluding hydrogens is 344 g/mol. The van der Waals surface area contributed by atoms with E-state index < -0.39 is 10.5 Å². The number of rotatable bonds is 5. The lowest BCUT2D eigenvalue weighted by Gasteiger charge is -2.21. The fourth-order valence-corrected chi connectivity index (χ4v) is 1.55. The Morgan fingerprint density at radius 1 is 1.04 bits per heavy atom. The number of nitro groups is 1. The molecule has 2 rings (SSSR count). The Morgan fingerprint density at radius 3 is 1.77 bits per heavy atom. The van der Waals surface area contributed by atoms with Crippen molar-refractivity contribution >= 4 is 11.4 Å². The lowest BCUT2D eigenvalue weighted by atomic mass is 10.1. The number of hydrogen-bond donors (Lipinski definition) is 4. The maximum Gasteiger partial charge on any atom is 0.307 e. The van der Waals surface area contributed by atoms with Gasteiger partial charge in [0.15, 0.2) is 0 Å². The molecule has 0 atom stereocenters. The van der Waals surface area contributed by atoms with Crippen LogP contribution in [0.2, 0.25) is 0 Å². The van der Waals surface area contributed by atoms with Gasteiger partial charge in [-0.3, -0.25) is 19.5 Å². The summed E-state index contributed by atoms with van der Waals surface area (Å²) in [6.07, 6.45) is 5.74. The van der Waals surface area contributed by atoms with E-state index >= 15 is 0 Å². The van der Waals surface area contributed by atoms with Gasteiger partial charge in [-0.1, -0.05) is 0 Å². The number of anilines is 1. The monoisotopic (exact) mass is 372 g/mol. The van der Waals surface area contributed by atoms with Crippen molar-refractivity contribution in [1.29, 1.82) is 0 Å². The first-order chi connectivity index (χ1) is 12.0. The van der Waals surface area contributed by atoms with Gasteiger partial charge in [0.25, 0.3) is 0 Å². The van der Waals surface area contributed by atoms with E-state index in [0.717, 1.165) is 13.3 Å². The van der Waals surface area contributed by atoms with Crippen LogP contribution in [0.3, 0.4) is 0 Å². The molecule has 0 fully saturated rings. The molecule has 11 heteroatoms. The van der Waals surface area contributed by atoms with E-state index in [1.807, 2.05) is 13.8 Å². The number of hydrogen-bond acceptors (Lipinski definition) is 8. The van der Waals surface area contributed by atoms with E-state index in [4.69, 9.17) is 21.1 Å². The van der Waals surface area contributed by atoms with E-state index in [0.29, 0.717) is 5.69 Å². The van der Waals surface area contributed by atoms with Crippen molar-refractivity contribution in [3.05, 3.63) is 34.9 Å². The molecule has 26 heavy (non-hydrogen) atoms. The summed E-state index contributed by atoms with van der Waals surface area (Å²) in [5.41, 5.74) is 5.05. The predicted molar refractivity (Wildman–Crippen MR) is 96.5 cm³/mol. The van der Waals surface area contributed by atoms with Gasteiger partial charge in [0, 0.05) is 13.3 Å². The Balaban J connectivity index is 0.000000444. The summed E-state index contributed by atoms with van der Waals surface area (Å²) in [6, 6.07) is 0. The summed E-state index contributed by atoms with van der Waals surface area (Å²) >= 11 is 0. The van der Waals surface area contributed by atoms with Crippen LogP contribution in [-0.4, -0.2) is 60.1 Å². The van der Waals surface area contributed by atoms with Crippen LogP contribution < -0.4 is 5.73 Å². The molecule has 148 valence electrons. The first-order valence-corrected chi connectivity index (χ1v) is 7.70. The maximum atomic E-state index is 10.3. The first-order valence-electron chi connectivity index (χ1n) is 7.70. The summed E-state index contributed by atoms with van der Waals surface area (Å²) in [7, 11) is 1.00. The highest BCUT2D eigenvalue weighted by molar-refractivity contribution is 5.30. The van der Waals surface area contributed by atoms with Gasteiger partial charge in [-0.15, -0.1) is 0 Å². The summed E-state index contributed by atoms with van der Waals surface area (Å²) in [5, 5.41) is 43.0. The highest BCUT2D eigenvalue weighted by atomic mass is 16.6. The van der Waals surface area contributed by atoms with Crippen molar-refractivity contribution in [3.63, 3.8) is 0 Å². The third kappa shape index (κ3) is 6.43. The largest absolute Gasteiger partial charge is 0.400 e. The number of aliphatic hydroxyl groups excluding tert-OH is 3. The van der Waals surface area contributed by atoms with Crippen molar-refractivity contribution in [2.24, 2.45) is 0 Å². The molecule has 0 bridgehead atoms. The van der Waals surface area contributed by atoms with Crippen molar-refractivity contribution in [2.75, 3.05) is 26.1 Å². The van der Waals surface area contributed by atoms with Crippen molar-refractivity contribution < 1.29 is 20.2 Å². The minimum Gasteiger partial charge on any atom is -0.400 e. The zero-order valence-corrected chi connectivity index (χ0v) is 15.7. The van der Waals surface area contributed by atoms with Gasteiger partial charge in [0.1, 0.15) is 12.4 Å². The molecule has 0 aliphatic heterocycles. The molecule has 5 N–H and O–H groups in total. The Labute approximate surface area is 151 Å². The van der Waals surface area contributed by atoms with E-state index in [9.17, 15) is 10.1 Å². The quantitative estimate of drug-likeness (QED) is 0.430. The summed E-state index contributed by atoms with van der Waals surface area (Å²) < 4.78 is 3.04. The van der Waals surface area contributed by atoms with Crippen LogP contribution in [-0.2, 0) is 11.1 Å². The smallest absolute Gasteiger partial charge is 0.307 e. The Hall–Kier alpha value is -2.50. The molecule has 0 amide bonds. The molecule has 0 radical (unpaired) electrons. The SMILES string of the molecule is CC(C)(CO)n1cc(N)cn1.CC(C)(CO)n1cc([N+](=O)[O-])cn1.CO. The lowest BCUT2D eigenvalue weighted by Crippen LogP contribution is -2.30. The fraction of sp³-hybridized carbons (Fsp3) is 0.600. The molecule has 2 heterocycles. The number of nitrogens with zero attached hydrogens (tertiary/aromatic N) is 5. The van der Waals surface area contributed by atoms with Crippen LogP contribution in [0.1, 0.15) is 27.7 Å². The number of aliphatic hydroxyl groups is 3. The van der Waals surface area contributed by atoms with Crippen molar-refractivity contribution in [2.45, 2.75) is 38.8 Å². The van der Waals surface area contributed by atoms with Gasteiger partial charge in [0.2, 0.25) is 0 Å². The van der Waals surface area contributed by atoms with Crippen LogP contribution in [0.15, 0.2) is 24.8 Å². The minimum atomic E-state index is -0.603. The number of nitrogen functional groups attached to an aromatic ring is 1. The first kappa shape index (κ1) is 23.5. The molecule has 0 unspecified atom stereocenters. The molecule has 0 spiro atoms. The summed E-state index contributed by atoms with van der Waals surface area (Å²) in [4.78, 5) is 9.80. The normalized spacial score (nSPS) is 11.1. The van der Waals surface area contributed by atoms with Gasteiger partial charge in [-0.05, 0) is 27.7 Å². The predicted octanol–water partition coefficient (Wildman–Crippen LogP) is 0.320. The lowest BCUT2D eigenvalue weighted by molar-refractivity contribution is -0.385. The standard InChI is InChI=1S/C7H11N3O3.C7H13N3O.CH4O/c1-7(2,5-11)9-4-6(3-8-9)10(12)13;1-7(2,5-11)10-4-6(8)3-9-10;1-2/h3-4,11H,5H2,1-2H3;3-4,11H,5,8H2,1-2H3;2H,1H3. The molecular formula is C15H28N6O5. The van der Waals surface area contributed by atoms with Crippen molar-refractivity contribution in [3.8, 4) is 0 Å². The topological polar surface area (TPSA) is 165 Å². The van der Waals surface area contributed by atoms with Gasteiger partial charge in [0.05, 0.1) is 41.1 Å². The molecule has 0 saturated heterocycles. The molecule has 2 aromatic heterocycles. The average molecular weight is 372 g/mol. The second-order valence-electron chi connectivity index (χ2n) is 6.56. The number of nitrogens with two attached hydrogens (primary N) is 1. The molecule has 0 saturated carbocycles. The van der Waals surface area contributed by atoms with Gasteiger partial charge >= 0.3 is 5.69 Å². The summed E-state index contributed by atoms with van der Waals surface area (Å²) in [5.74, 6) is 0. The Kier molecular flexibility index (Phi) is 8.90. The highest BCUT2D eigenvalue weighted by Crippen LogP contribution is 2.17. The van der Waals surface area contributed by atoms with Gasteiger partial charge in [-0.25, -0.2) is 0 Å². The number of aromatic nitrogens is 4. The van der Waals surface area contributed by atoms with Crippen LogP contribution >= 0.6 is 0 Å². The fourth-order valence-electron chi connectivity index (χ4n) is 1.55. The third-order valence-electron chi connectivity index (χ3n) is 3.40. The molecule has 0 aliphatic rings.